The van der Waals surface area contributed by atoms with Gasteiger partial charge in [0.05, 0.1) is 12.2 Å². The van der Waals surface area contributed by atoms with Crippen molar-refractivity contribution >= 4 is 0 Å². The highest BCUT2D eigenvalue weighted by molar-refractivity contribution is 5.78. The van der Waals surface area contributed by atoms with Crippen molar-refractivity contribution in [3.63, 3.8) is 0 Å². The second-order valence-corrected chi connectivity index (χ2v) is 6.08. The predicted molar refractivity (Wildman–Crippen MR) is 96.2 cm³/mol. The highest BCUT2D eigenvalue weighted by Gasteiger charge is 2.26. The van der Waals surface area contributed by atoms with Gasteiger partial charge in [-0.2, -0.15) is 0 Å². The molecule has 0 radical (unpaired) electrons. The Morgan fingerprint density at radius 2 is 1.14 bits per heavy atom. The van der Waals surface area contributed by atoms with Crippen LogP contribution in [0.1, 0.15) is 52.7 Å². The van der Waals surface area contributed by atoms with Crippen LogP contribution < -0.4 is 0 Å². The first-order chi connectivity index (χ1) is 9.42. The lowest BCUT2D eigenvalue weighted by Crippen LogP contribution is -2.10. The summed E-state index contributed by atoms with van der Waals surface area (Å²) in [5.41, 5.74) is 4.54. The van der Waals surface area contributed by atoms with Gasteiger partial charge in [0.1, 0.15) is 0 Å². The highest BCUT2D eigenvalue weighted by atomic mass is 16.3. The van der Waals surface area contributed by atoms with Crippen molar-refractivity contribution in [1.29, 1.82) is 0 Å². The fraction of sp³-hybridized carbons (Fsp3) is 0.400. The number of fused-ring (bicyclic) bond motifs is 3. The van der Waals surface area contributed by atoms with Gasteiger partial charge in [-0.1, -0.05) is 63.4 Å². The van der Waals surface area contributed by atoms with Gasteiger partial charge in [-0.25, -0.2) is 0 Å². The van der Waals surface area contributed by atoms with Crippen LogP contribution >= 0.6 is 0 Å². The number of aliphatic hydroxyl groups excluding tert-OH is 1. The third-order valence-corrected chi connectivity index (χ3v) is 3.15. The summed E-state index contributed by atoms with van der Waals surface area (Å²) < 4.78 is 0. The van der Waals surface area contributed by atoms with E-state index < -0.39 is 5.60 Å². The van der Waals surface area contributed by atoms with Crippen molar-refractivity contribution in [2.24, 2.45) is 0 Å². The SMILES string of the molecule is C.C.CC(C)(C)O.OCC1c2ccccc2-c2ccccc21. The van der Waals surface area contributed by atoms with Gasteiger partial charge in [-0.15, -0.1) is 0 Å². The van der Waals surface area contributed by atoms with E-state index in [0.717, 1.165) is 0 Å². The molecule has 2 nitrogen and oxygen atoms in total. The van der Waals surface area contributed by atoms with Gasteiger partial charge < -0.3 is 10.2 Å². The van der Waals surface area contributed by atoms with Gasteiger partial charge >= 0.3 is 0 Å². The third-order valence-electron chi connectivity index (χ3n) is 3.15. The monoisotopic (exact) mass is 302 g/mol. The Bertz CT molecular complexity index is 531. The molecular weight excluding hydrogens is 272 g/mol. The van der Waals surface area contributed by atoms with E-state index in [9.17, 15) is 5.11 Å². The summed E-state index contributed by atoms with van der Waals surface area (Å²) in [4.78, 5) is 0. The van der Waals surface area contributed by atoms with E-state index in [1.54, 1.807) is 20.8 Å². The van der Waals surface area contributed by atoms with Gasteiger partial charge in [0.2, 0.25) is 0 Å². The molecule has 0 amide bonds. The fourth-order valence-electron chi connectivity index (χ4n) is 2.46. The number of hydrogen-bond donors (Lipinski definition) is 2. The Balaban J connectivity index is 0.000000559. The van der Waals surface area contributed by atoms with Gasteiger partial charge in [-0.05, 0) is 43.0 Å². The molecule has 2 N–H and O–H groups in total. The van der Waals surface area contributed by atoms with Crippen LogP contribution in [0, 0.1) is 0 Å². The van der Waals surface area contributed by atoms with Gasteiger partial charge in [0, 0.05) is 5.92 Å². The van der Waals surface area contributed by atoms with Crippen LogP contribution in [-0.4, -0.2) is 22.4 Å². The molecule has 0 atom stereocenters. The van der Waals surface area contributed by atoms with Gasteiger partial charge in [0.15, 0.2) is 0 Å². The molecule has 0 unspecified atom stereocenters. The summed E-state index contributed by atoms with van der Waals surface area (Å²) in [6, 6.07) is 16.6. The molecule has 0 saturated heterocycles. The summed E-state index contributed by atoms with van der Waals surface area (Å²) in [7, 11) is 0. The first kappa shape index (κ1) is 20.4. The molecule has 0 aliphatic heterocycles. The summed E-state index contributed by atoms with van der Waals surface area (Å²) in [5, 5.41) is 18.0. The zero-order valence-electron chi connectivity index (χ0n) is 12.3. The molecule has 0 fully saturated rings. The standard InChI is InChI=1S/C14H12O.C4H10O.2CH4/c15-9-14-12-7-3-1-5-10(12)11-6-2-4-8-13(11)14;1-4(2,3)5;;/h1-8,14-15H,9H2;5H,1-3H3;2*1H4. The second-order valence-electron chi connectivity index (χ2n) is 6.08. The van der Waals surface area contributed by atoms with E-state index in [0.29, 0.717) is 0 Å². The van der Waals surface area contributed by atoms with E-state index in [4.69, 9.17) is 5.11 Å². The quantitative estimate of drug-likeness (QED) is 0.791. The lowest BCUT2D eigenvalue weighted by Gasteiger charge is -2.08. The van der Waals surface area contributed by atoms with E-state index in [-0.39, 0.29) is 27.4 Å². The molecule has 122 valence electrons. The lowest BCUT2D eigenvalue weighted by molar-refractivity contribution is 0.102. The predicted octanol–water partition coefficient (Wildman–Crippen LogP) is 4.84. The van der Waals surface area contributed by atoms with E-state index in [2.05, 4.69) is 36.4 Å². The maximum absolute atomic E-state index is 9.46. The Morgan fingerprint density at radius 1 is 0.818 bits per heavy atom. The second kappa shape index (κ2) is 8.11. The number of hydrogen-bond acceptors (Lipinski definition) is 2. The molecule has 2 heteroatoms. The molecule has 0 aromatic heterocycles. The maximum Gasteiger partial charge on any atom is 0.0563 e. The topological polar surface area (TPSA) is 40.5 Å². The summed E-state index contributed by atoms with van der Waals surface area (Å²) in [6.45, 7) is 5.42. The Kier molecular flexibility index (Phi) is 7.51. The molecule has 0 heterocycles. The van der Waals surface area contributed by atoms with Crippen LogP contribution in [0.15, 0.2) is 48.5 Å². The van der Waals surface area contributed by atoms with Crippen LogP contribution in [0.25, 0.3) is 11.1 Å². The summed E-state index contributed by atoms with van der Waals surface area (Å²) in [5.74, 6) is 0.164. The van der Waals surface area contributed by atoms with Crippen molar-refractivity contribution in [3.05, 3.63) is 59.7 Å². The van der Waals surface area contributed by atoms with Crippen LogP contribution in [-0.2, 0) is 0 Å². The Labute approximate surface area is 135 Å². The van der Waals surface area contributed by atoms with Crippen molar-refractivity contribution in [1.82, 2.24) is 0 Å². The summed E-state index contributed by atoms with van der Waals surface area (Å²) >= 11 is 0. The molecule has 0 spiro atoms. The molecule has 0 saturated carbocycles. The largest absolute Gasteiger partial charge is 0.395 e. The molecule has 2 aromatic rings. The summed E-state index contributed by atoms with van der Waals surface area (Å²) in [6.07, 6.45) is 0. The zero-order valence-corrected chi connectivity index (χ0v) is 12.3. The van der Waals surface area contributed by atoms with Gasteiger partial charge in [0.25, 0.3) is 0 Å². The minimum atomic E-state index is -0.500. The Hall–Kier alpha value is -1.64. The number of rotatable bonds is 1. The highest BCUT2D eigenvalue weighted by Crippen LogP contribution is 2.43. The molecule has 1 aliphatic carbocycles. The lowest BCUT2D eigenvalue weighted by atomic mass is 9.98. The molecule has 2 aromatic carbocycles. The van der Waals surface area contributed by atoms with Crippen LogP contribution in [0.3, 0.4) is 0 Å². The normalized spacial score (nSPS) is 12.0. The van der Waals surface area contributed by atoms with Crippen molar-refractivity contribution in [2.45, 2.75) is 47.1 Å². The average molecular weight is 302 g/mol. The van der Waals surface area contributed by atoms with Crippen LogP contribution in [0.5, 0.6) is 0 Å². The molecule has 0 bridgehead atoms. The van der Waals surface area contributed by atoms with Crippen molar-refractivity contribution < 1.29 is 10.2 Å². The molecule has 22 heavy (non-hydrogen) atoms. The Morgan fingerprint density at radius 3 is 1.45 bits per heavy atom. The van der Waals surface area contributed by atoms with E-state index in [1.165, 1.54) is 22.3 Å². The first-order valence-corrected chi connectivity index (χ1v) is 6.93. The van der Waals surface area contributed by atoms with Crippen LogP contribution in [0.2, 0.25) is 0 Å². The van der Waals surface area contributed by atoms with Crippen molar-refractivity contribution in [3.8, 4) is 11.1 Å². The minimum Gasteiger partial charge on any atom is -0.395 e. The number of aliphatic hydroxyl groups is 2. The first-order valence-electron chi connectivity index (χ1n) is 6.93. The van der Waals surface area contributed by atoms with E-state index >= 15 is 0 Å². The third kappa shape index (κ3) is 4.69. The van der Waals surface area contributed by atoms with E-state index in [1.807, 2.05) is 12.1 Å². The van der Waals surface area contributed by atoms with Gasteiger partial charge in [-0.3, -0.25) is 0 Å². The molecule has 3 rings (SSSR count). The smallest absolute Gasteiger partial charge is 0.0563 e. The minimum absolute atomic E-state index is 0. The zero-order chi connectivity index (χ0) is 14.8. The van der Waals surface area contributed by atoms with Crippen molar-refractivity contribution in [2.75, 3.05) is 6.61 Å². The fourth-order valence-corrected chi connectivity index (χ4v) is 2.46. The maximum atomic E-state index is 9.46. The molecule has 1 aliphatic rings. The number of benzene rings is 2. The molecular formula is C20H30O2. The average Bonchev–Trinajstić information content (AvgIpc) is 2.71. The van der Waals surface area contributed by atoms with Crippen LogP contribution in [0.4, 0.5) is 0 Å².